The highest BCUT2D eigenvalue weighted by Gasteiger charge is 2.09. The van der Waals surface area contributed by atoms with Crippen molar-refractivity contribution in [3.05, 3.63) is 24.3 Å². The molecule has 0 atom stereocenters. The lowest BCUT2D eigenvalue weighted by atomic mass is 10.3. The Morgan fingerprint density at radius 3 is 2.47 bits per heavy atom. The number of nitrogens with one attached hydrogen (secondary N) is 1. The van der Waals surface area contributed by atoms with E-state index in [0.29, 0.717) is 18.0 Å². The molecule has 6 heteroatoms. The zero-order valence-corrected chi connectivity index (χ0v) is 11.3. The number of carbonyl (C=O) groups excluding carboxylic acids is 2. The lowest BCUT2D eigenvalue weighted by Gasteiger charge is -2.23. The molecule has 0 aliphatic heterocycles. The Morgan fingerprint density at radius 1 is 1.32 bits per heavy atom. The van der Waals surface area contributed by atoms with E-state index in [4.69, 9.17) is 4.74 Å². The van der Waals surface area contributed by atoms with Gasteiger partial charge in [0.25, 0.3) is 0 Å². The van der Waals surface area contributed by atoms with Crippen LogP contribution in [0.25, 0.3) is 0 Å². The second-order valence-corrected chi connectivity index (χ2v) is 5.02. The molecule has 1 aromatic rings. The SMILES string of the molecule is C[N+](C)(C)CCOC(=O)Nc1ccc(N=C=O)cc1. The summed E-state index contributed by atoms with van der Waals surface area (Å²) in [6.07, 6.45) is 0.948. The normalized spacial score (nSPS) is 10.5. The highest BCUT2D eigenvalue weighted by Crippen LogP contribution is 2.15. The predicted octanol–water partition coefficient (Wildman–Crippen LogP) is 1.91. The third-order valence-electron chi connectivity index (χ3n) is 2.28. The molecule has 0 spiro atoms. The minimum Gasteiger partial charge on any atom is -0.443 e. The summed E-state index contributed by atoms with van der Waals surface area (Å²) < 4.78 is 5.78. The predicted molar refractivity (Wildman–Crippen MR) is 72.1 cm³/mol. The number of aliphatic imine (C=N–C) groups is 1. The highest BCUT2D eigenvalue weighted by molar-refractivity contribution is 5.84. The fourth-order valence-corrected chi connectivity index (χ4v) is 1.24. The van der Waals surface area contributed by atoms with Crippen LogP contribution in [0, 0.1) is 0 Å². The summed E-state index contributed by atoms with van der Waals surface area (Å²) in [5.74, 6) is 0. The van der Waals surface area contributed by atoms with E-state index in [2.05, 4.69) is 10.3 Å². The number of amides is 1. The average Bonchev–Trinajstić information content (AvgIpc) is 2.30. The number of anilines is 1. The smallest absolute Gasteiger partial charge is 0.411 e. The van der Waals surface area contributed by atoms with Gasteiger partial charge in [0, 0.05) is 5.69 Å². The lowest BCUT2D eigenvalue weighted by Crippen LogP contribution is -2.38. The van der Waals surface area contributed by atoms with Crippen LogP contribution in [-0.2, 0) is 9.53 Å². The molecule has 0 aromatic heterocycles. The number of isocyanates is 1. The zero-order chi connectivity index (χ0) is 14.3. The topological polar surface area (TPSA) is 67.8 Å². The van der Waals surface area contributed by atoms with E-state index >= 15 is 0 Å². The van der Waals surface area contributed by atoms with Crippen molar-refractivity contribution in [1.82, 2.24) is 0 Å². The fourth-order valence-electron chi connectivity index (χ4n) is 1.24. The van der Waals surface area contributed by atoms with Crippen molar-refractivity contribution >= 4 is 23.5 Å². The van der Waals surface area contributed by atoms with Crippen molar-refractivity contribution in [1.29, 1.82) is 0 Å². The average molecular weight is 264 g/mol. The summed E-state index contributed by atoms with van der Waals surface area (Å²) in [5.41, 5.74) is 1.07. The standard InChI is InChI=1S/C13H17N3O3/c1-16(2,3)8-9-19-13(18)15-12-6-4-11(5-7-12)14-10-17/h4-7H,8-9H2,1-3H3/p+1. The number of likely N-dealkylation sites (N-methyl/N-ethyl adjacent to an activating group) is 1. The van der Waals surface area contributed by atoms with Gasteiger partial charge in [-0.3, -0.25) is 5.32 Å². The molecule has 0 heterocycles. The second kappa shape index (κ2) is 6.68. The maximum atomic E-state index is 11.5. The first-order valence-corrected chi connectivity index (χ1v) is 5.83. The molecule has 0 bridgehead atoms. The number of rotatable bonds is 5. The molecule has 0 saturated heterocycles. The Balaban J connectivity index is 2.42. The first-order valence-electron chi connectivity index (χ1n) is 5.83. The molecule has 0 saturated carbocycles. The van der Waals surface area contributed by atoms with Gasteiger partial charge in [0.05, 0.1) is 26.8 Å². The maximum Gasteiger partial charge on any atom is 0.411 e. The molecule has 0 unspecified atom stereocenters. The van der Waals surface area contributed by atoms with E-state index in [1.54, 1.807) is 24.3 Å². The van der Waals surface area contributed by atoms with Crippen LogP contribution < -0.4 is 5.32 Å². The molecule has 0 aliphatic carbocycles. The van der Waals surface area contributed by atoms with Gasteiger partial charge in [0.15, 0.2) is 0 Å². The van der Waals surface area contributed by atoms with E-state index in [1.165, 1.54) is 6.08 Å². The van der Waals surface area contributed by atoms with Gasteiger partial charge in [-0.15, -0.1) is 0 Å². The van der Waals surface area contributed by atoms with Gasteiger partial charge < -0.3 is 9.22 Å². The van der Waals surface area contributed by atoms with E-state index in [0.717, 1.165) is 11.0 Å². The first kappa shape index (κ1) is 14.9. The summed E-state index contributed by atoms with van der Waals surface area (Å²) >= 11 is 0. The quantitative estimate of drug-likeness (QED) is 0.502. The highest BCUT2D eigenvalue weighted by atomic mass is 16.5. The molecule has 0 radical (unpaired) electrons. The minimum absolute atomic E-state index is 0.350. The molecule has 19 heavy (non-hydrogen) atoms. The third-order valence-corrected chi connectivity index (χ3v) is 2.28. The Morgan fingerprint density at radius 2 is 1.95 bits per heavy atom. The molecule has 1 amide bonds. The van der Waals surface area contributed by atoms with Crippen molar-refractivity contribution in [2.24, 2.45) is 4.99 Å². The van der Waals surface area contributed by atoms with Crippen LogP contribution in [0.2, 0.25) is 0 Å². The van der Waals surface area contributed by atoms with Crippen LogP contribution in [0.5, 0.6) is 0 Å². The summed E-state index contributed by atoms with van der Waals surface area (Å²) in [6, 6.07) is 6.48. The van der Waals surface area contributed by atoms with Crippen LogP contribution in [0.3, 0.4) is 0 Å². The van der Waals surface area contributed by atoms with Gasteiger partial charge >= 0.3 is 6.09 Å². The van der Waals surface area contributed by atoms with Crippen LogP contribution in [0.1, 0.15) is 0 Å². The number of quaternary nitrogens is 1. The zero-order valence-electron chi connectivity index (χ0n) is 11.3. The largest absolute Gasteiger partial charge is 0.443 e. The first-order chi connectivity index (χ1) is 8.90. The number of ether oxygens (including phenoxy) is 1. The van der Waals surface area contributed by atoms with Gasteiger partial charge in [0.1, 0.15) is 13.2 Å². The number of hydrogen-bond donors (Lipinski definition) is 1. The molecular weight excluding hydrogens is 246 g/mol. The fraction of sp³-hybridized carbons (Fsp3) is 0.385. The van der Waals surface area contributed by atoms with Crippen LogP contribution >= 0.6 is 0 Å². The van der Waals surface area contributed by atoms with Gasteiger partial charge in [-0.2, -0.15) is 4.99 Å². The van der Waals surface area contributed by atoms with Gasteiger partial charge in [-0.25, -0.2) is 9.59 Å². The Labute approximate surface area is 112 Å². The van der Waals surface area contributed by atoms with E-state index in [9.17, 15) is 9.59 Å². The molecule has 1 N–H and O–H groups in total. The van der Waals surface area contributed by atoms with Gasteiger partial charge in [-0.1, -0.05) is 0 Å². The number of carbonyl (C=O) groups is 1. The van der Waals surface area contributed by atoms with Crippen LogP contribution in [0.15, 0.2) is 29.3 Å². The van der Waals surface area contributed by atoms with Crippen LogP contribution in [-0.4, -0.2) is 51.0 Å². The maximum absolute atomic E-state index is 11.5. The van der Waals surface area contributed by atoms with Crippen LogP contribution in [0.4, 0.5) is 16.2 Å². The number of benzene rings is 1. The van der Waals surface area contributed by atoms with Crippen molar-refractivity contribution in [3.63, 3.8) is 0 Å². The van der Waals surface area contributed by atoms with Crippen molar-refractivity contribution in [2.45, 2.75) is 0 Å². The van der Waals surface area contributed by atoms with E-state index in [-0.39, 0.29) is 0 Å². The molecule has 0 fully saturated rings. The minimum atomic E-state index is -0.500. The van der Waals surface area contributed by atoms with Gasteiger partial charge in [0.2, 0.25) is 6.08 Å². The summed E-state index contributed by atoms with van der Waals surface area (Å²) in [5, 5.41) is 2.59. The lowest BCUT2D eigenvalue weighted by molar-refractivity contribution is -0.870. The van der Waals surface area contributed by atoms with E-state index < -0.39 is 6.09 Å². The molecule has 6 nitrogen and oxygen atoms in total. The van der Waals surface area contributed by atoms with Gasteiger partial charge in [-0.05, 0) is 24.3 Å². The Bertz CT molecular complexity index is 471. The molecule has 1 aromatic carbocycles. The number of hydrogen-bond acceptors (Lipinski definition) is 4. The molecular formula is C13H18N3O3+. The monoisotopic (exact) mass is 264 g/mol. The van der Waals surface area contributed by atoms with Crippen molar-refractivity contribution in [2.75, 3.05) is 39.6 Å². The van der Waals surface area contributed by atoms with Crippen molar-refractivity contribution in [3.8, 4) is 0 Å². The summed E-state index contributed by atoms with van der Waals surface area (Å²) in [4.78, 5) is 25.0. The van der Waals surface area contributed by atoms with E-state index in [1.807, 2.05) is 21.1 Å². The number of nitrogens with zero attached hydrogens (tertiary/aromatic N) is 2. The van der Waals surface area contributed by atoms with Crippen molar-refractivity contribution < 1.29 is 18.8 Å². The second-order valence-electron chi connectivity index (χ2n) is 5.02. The summed E-state index contributed by atoms with van der Waals surface area (Å²) in [7, 11) is 6.06. The Hall–Kier alpha value is -2.17. The summed E-state index contributed by atoms with van der Waals surface area (Å²) in [6.45, 7) is 1.09. The third kappa shape index (κ3) is 6.35. The molecule has 1 rings (SSSR count). The Kier molecular flexibility index (Phi) is 5.23. The molecule has 0 aliphatic rings. The molecule has 102 valence electrons.